The number of thiophene rings is 2. The molecule has 4 aromatic rings. The van der Waals surface area contributed by atoms with Crippen molar-refractivity contribution in [3.05, 3.63) is 92.0 Å². The monoisotopic (exact) mass is 1160 g/mol. The minimum atomic E-state index is -5.86. The van der Waals surface area contributed by atoms with Crippen molar-refractivity contribution in [3.8, 4) is 11.8 Å². The van der Waals surface area contributed by atoms with Gasteiger partial charge in [0, 0.05) is 77.8 Å². The summed E-state index contributed by atoms with van der Waals surface area (Å²) in [6.45, 7) is 1.55. The van der Waals surface area contributed by atoms with Crippen LogP contribution in [0.2, 0.25) is 0 Å². The topological polar surface area (TPSA) is 298 Å². The van der Waals surface area contributed by atoms with Crippen LogP contribution in [-0.4, -0.2) is 146 Å². The van der Waals surface area contributed by atoms with E-state index in [1.165, 1.54) is 33.3 Å². The minimum Gasteiger partial charge on any atom is -0.370 e. The van der Waals surface area contributed by atoms with Gasteiger partial charge in [-0.25, -0.2) is 0 Å². The zero-order valence-electron chi connectivity index (χ0n) is 43.5. The fourth-order valence-corrected chi connectivity index (χ4v) is 13.4. The quantitative estimate of drug-likeness (QED) is 0.0482. The molecular weight excluding hydrogens is 1100 g/mol. The molecule has 9 amide bonds. The highest BCUT2D eigenvalue weighted by Gasteiger charge is 2.51. The van der Waals surface area contributed by atoms with Gasteiger partial charge in [-0.2, -0.15) is 8.78 Å². The Morgan fingerprint density at radius 1 is 0.950 bits per heavy atom. The van der Waals surface area contributed by atoms with Gasteiger partial charge in [0.05, 0.1) is 4.88 Å². The van der Waals surface area contributed by atoms with Crippen LogP contribution in [0.5, 0.6) is 0 Å². The van der Waals surface area contributed by atoms with E-state index < -0.39 is 90.5 Å². The van der Waals surface area contributed by atoms with Crippen LogP contribution >= 0.6 is 30.3 Å². The van der Waals surface area contributed by atoms with Gasteiger partial charge in [-0.15, -0.1) is 22.7 Å². The van der Waals surface area contributed by atoms with E-state index in [1.54, 1.807) is 41.6 Å². The standard InChI is InChI=1S/C54H60F2N9O12PS2/c1-62-22-21-34-12-14-40(65(34)52(73)38(29-62)59-50(71)43-27-32-26-33(11-16-41(32)80-43)54(55,56)78(75,76)77)49(70)58-37(13-17-44(57)66)47(68)61-46(42-10-5-25-79-42)53(74)63-23-19-30(20-24-63)6-2-3-7-31-8-4-9-35-36(31)28-64(51(35)72)39-15-18-45(67)60-48(39)69/h4-5,8-11,16,25-27,30,34,37-40,46H,2,6,12-15,17-24,28-29H2,1H3,(H2,57,66)(H,58,70)(H,59,71)(H,61,68)(H,60,67,69)(H2,75,76,77)/t34-,37?,38+,39?,40+,46?/m1/s1. The maximum atomic E-state index is 14.5. The Balaban J connectivity index is 0.821. The zero-order chi connectivity index (χ0) is 57.2. The number of piperidine rings is 2. The number of imide groups is 1. The third-order valence-corrected chi connectivity index (χ3v) is 18.6. The number of hydrogen-bond acceptors (Lipinski definition) is 13. The fraction of sp³-hybridized carbons (Fsp3) is 0.463. The summed E-state index contributed by atoms with van der Waals surface area (Å²) in [5.74, 6) is 1.75. The molecule has 0 aliphatic carbocycles. The van der Waals surface area contributed by atoms with Gasteiger partial charge in [0.15, 0.2) is 0 Å². The number of alkyl halides is 2. The number of benzene rings is 2. The van der Waals surface area contributed by atoms with E-state index in [0.29, 0.717) is 72.4 Å². The first-order valence-electron chi connectivity index (χ1n) is 26.3. The van der Waals surface area contributed by atoms with Crippen molar-refractivity contribution in [1.82, 2.24) is 40.9 Å². The molecule has 8 N–H and O–H groups in total. The van der Waals surface area contributed by atoms with Gasteiger partial charge in [-0.1, -0.05) is 30.0 Å². The number of likely N-dealkylation sites (N-methyl/N-ethyl adjacent to an activating group) is 1. The van der Waals surface area contributed by atoms with Gasteiger partial charge in [0.2, 0.25) is 35.4 Å². The highest BCUT2D eigenvalue weighted by molar-refractivity contribution is 7.52. The number of likely N-dealkylation sites (tertiary alicyclic amines) is 1. The molecule has 0 spiro atoms. The number of hydrogen-bond donors (Lipinski definition) is 7. The summed E-state index contributed by atoms with van der Waals surface area (Å²) in [6, 6.07) is 7.09. The first-order chi connectivity index (χ1) is 38.1. The van der Waals surface area contributed by atoms with Crippen LogP contribution < -0.4 is 27.0 Å². The second-order valence-electron chi connectivity index (χ2n) is 20.9. The normalized spacial score (nSPS) is 21.8. The van der Waals surface area contributed by atoms with E-state index in [2.05, 4.69) is 33.1 Å². The van der Waals surface area contributed by atoms with Gasteiger partial charge < -0.3 is 51.1 Å². The third-order valence-electron chi connectivity index (χ3n) is 15.5. The first-order valence-corrected chi connectivity index (χ1v) is 29.6. The maximum absolute atomic E-state index is 14.5. The van der Waals surface area contributed by atoms with E-state index >= 15 is 0 Å². The van der Waals surface area contributed by atoms with Crippen LogP contribution in [0.15, 0.2) is 60.0 Å². The van der Waals surface area contributed by atoms with Crippen LogP contribution in [0.1, 0.15) is 118 Å². The number of nitrogens with one attached hydrogen (secondary N) is 4. The average molecular weight is 1160 g/mol. The lowest BCUT2D eigenvalue weighted by Crippen LogP contribution is -2.61. The molecule has 26 heteroatoms. The largest absolute Gasteiger partial charge is 0.399 e. The molecule has 7 heterocycles. The molecule has 2 aromatic heterocycles. The number of nitrogens with two attached hydrogens (primary N) is 1. The molecule has 0 radical (unpaired) electrons. The van der Waals surface area contributed by atoms with Crippen LogP contribution in [0.4, 0.5) is 8.78 Å². The first kappa shape index (κ1) is 57.7. The van der Waals surface area contributed by atoms with Crippen molar-refractivity contribution in [1.29, 1.82) is 0 Å². The summed E-state index contributed by atoms with van der Waals surface area (Å²) < 4.78 is 41.0. The molecule has 6 atom stereocenters. The van der Waals surface area contributed by atoms with Crippen LogP contribution in [0, 0.1) is 17.8 Å². The van der Waals surface area contributed by atoms with Crippen molar-refractivity contribution in [2.24, 2.45) is 11.7 Å². The van der Waals surface area contributed by atoms with Gasteiger partial charge in [0.25, 0.3) is 17.7 Å². The Morgan fingerprint density at radius 3 is 2.44 bits per heavy atom. The van der Waals surface area contributed by atoms with Crippen molar-refractivity contribution in [2.45, 2.75) is 119 Å². The van der Waals surface area contributed by atoms with E-state index in [9.17, 15) is 66.3 Å². The number of primary amides is 1. The number of carbonyl (C=O) groups excluding carboxylic acids is 9. The number of fused-ring (bicyclic) bond motifs is 3. The second-order valence-corrected chi connectivity index (χ2v) is 24.6. The molecule has 424 valence electrons. The molecular formula is C54H60F2N9O12PS2. The molecule has 2 aromatic carbocycles. The third kappa shape index (κ3) is 12.5. The molecule has 4 fully saturated rings. The SMILES string of the molecule is CN1CC[C@H]2CC[C@@H](C(=O)NC(CCC(N)=O)C(=O)NC(C(=O)N3CCC(CCC#Cc4cccc5c4CN(C4CCC(=O)NC4=O)C5=O)CC3)c3cccs3)N2C(=O)[C@@H](NC(=O)c2cc3cc(C(F)(F)P(=O)(O)O)ccc3s2)C1. The van der Waals surface area contributed by atoms with Crippen molar-refractivity contribution >= 4 is 93.5 Å². The molecule has 21 nitrogen and oxygen atoms in total. The van der Waals surface area contributed by atoms with Crippen molar-refractivity contribution in [3.63, 3.8) is 0 Å². The van der Waals surface area contributed by atoms with E-state index in [0.717, 1.165) is 35.5 Å². The lowest BCUT2D eigenvalue weighted by molar-refractivity contribution is -0.144. The lowest BCUT2D eigenvalue weighted by Gasteiger charge is -2.38. The number of rotatable bonds is 16. The molecule has 5 aliphatic heterocycles. The second kappa shape index (κ2) is 24.0. The maximum Gasteiger partial charge on any atom is 0.399 e. The van der Waals surface area contributed by atoms with Crippen LogP contribution in [-0.2, 0) is 50.3 Å². The summed E-state index contributed by atoms with van der Waals surface area (Å²) in [7, 11) is -4.09. The fourth-order valence-electron chi connectivity index (χ4n) is 11.2. The van der Waals surface area contributed by atoms with Gasteiger partial charge >= 0.3 is 13.3 Å². The predicted octanol–water partition coefficient (Wildman–Crippen LogP) is 3.42. The Labute approximate surface area is 466 Å². The van der Waals surface area contributed by atoms with Crippen LogP contribution in [0.25, 0.3) is 10.1 Å². The highest BCUT2D eigenvalue weighted by atomic mass is 32.1. The lowest BCUT2D eigenvalue weighted by atomic mass is 9.91. The Hall–Kier alpha value is -6.94. The molecule has 3 unspecified atom stereocenters. The van der Waals surface area contributed by atoms with E-state index in [1.807, 2.05) is 11.0 Å². The zero-order valence-corrected chi connectivity index (χ0v) is 46.0. The minimum absolute atomic E-state index is 0.0316. The number of nitrogens with zero attached hydrogens (tertiary/aromatic N) is 4. The Kier molecular flexibility index (Phi) is 17.3. The van der Waals surface area contributed by atoms with Crippen molar-refractivity contribution in [2.75, 3.05) is 33.2 Å². The Bertz CT molecular complexity index is 3240. The average Bonchev–Trinajstić information content (AvgIpc) is 4.30. The van der Waals surface area contributed by atoms with Gasteiger partial charge in [-0.3, -0.25) is 53.0 Å². The number of amides is 9. The summed E-state index contributed by atoms with van der Waals surface area (Å²) in [6.07, 6.45) is 3.65. The highest BCUT2D eigenvalue weighted by Crippen LogP contribution is 2.59. The summed E-state index contributed by atoms with van der Waals surface area (Å²) >= 11 is 2.18. The molecule has 9 rings (SSSR count). The summed E-state index contributed by atoms with van der Waals surface area (Å²) in [5, 5.41) is 12.5. The summed E-state index contributed by atoms with van der Waals surface area (Å²) in [5.41, 5.74) is 2.05. The molecule has 0 saturated carbocycles. The molecule has 80 heavy (non-hydrogen) atoms. The number of carbonyl (C=O) groups is 9. The van der Waals surface area contributed by atoms with Gasteiger partial charge in [-0.05, 0) is 124 Å². The van der Waals surface area contributed by atoms with Crippen LogP contribution in [0.3, 0.4) is 0 Å². The van der Waals surface area contributed by atoms with Gasteiger partial charge in [0.1, 0.15) is 30.2 Å². The van der Waals surface area contributed by atoms with Crippen molar-refractivity contribution < 1.29 is 66.3 Å². The van der Waals surface area contributed by atoms with E-state index in [-0.39, 0.29) is 79.1 Å². The predicted molar refractivity (Wildman–Crippen MR) is 288 cm³/mol. The molecule has 0 bridgehead atoms. The number of halogens is 2. The summed E-state index contributed by atoms with van der Waals surface area (Å²) in [4.78, 5) is 147. The smallest absolute Gasteiger partial charge is 0.370 e. The molecule has 4 saturated heterocycles. The molecule has 5 aliphatic rings. The Morgan fingerprint density at radius 2 is 1.73 bits per heavy atom. The van der Waals surface area contributed by atoms with E-state index in [4.69, 9.17) is 5.73 Å².